The molecule has 0 aromatic heterocycles. The van der Waals surface area contributed by atoms with Crippen LogP contribution in [0, 0.1) is 5.82 Å². The summed E-state index contributed by atoms with van der Waals surface area (Å²) in [5, 5.41) is 2.71. The van der Waals surface area contributed by atoms with E-state index >= 15 is 0 Å². The molecule has 3 nitrogen and oxygen atoms in total. The van der Waals surface area contributed by atoms with Gasteiger partial charge >= 0.3 is 0 Å². The van der Waals surface area contributed by atoms with Gasteiger partial charge in [-0.25, -0.2) is 4.39 Å². The van der Waals surface area contributed by atoms with Gasteiger partial charge in [-0.05, 0) is 17.7 Å². The van der Waals surface area contributed by atoms with Gasteiger partial charge in [0.25, 0.3) is 5.91 Å². The van der Waals surface area contributed by atoms with Crippen molar-refractivity contribution in [3.05, 3.63) is 65.5 Å². The fourth-order valence-electron chi connectivity index (χ4n) is 2.27. The fraction of sp³-hybridized carbons (Fsp3) is 0.188. The predicted octanol–water partition coefficient (Wildman–Crippen LogP) is 2.45. The molecule has 1 unspecified atom stereocenters. The number of carbonyl (C=O) groups excluding carboxylic acids is 1. The van der Waals surface area contributed by atoms with Crippen molar-refractivity contribution in [2.24, 2.45) is 0 Å². The summed E-state index contributed by atoms with van der Waals surface area (Å²) in [6.07, 6.45) is 0.0263. The van der Waals surface area contributed by atoms with Gasteiger partial charge in [-0.15, -0.1) is 0 Å². The zero-order valence-electron chi connectivity index (χ0n) is 10.8. The molecule has 0 fully saturated rings. The molecule has 1 aliphatic rings. The van der Waals surface area contributed by atoms with Crippen molar-refractivity contribution in [3.63, 3.8) is 0 Å². The average Bonchev–Trinajstić information content (AvgIpc) is 2.90. The lowest BCUT2D eigenvalue weighted by atomic mass is 10.1. The summed E-state index contributed by atoms with van der Waals surface area (Å²) in [7, 11) is 0. The van der Waals surface area contributed by atoms with Crippen LogP contribution in [-0.2, 0) is 17.8 Å². The molecule has 0 saturated carbocycles. The van der Waals surface area contributed by atoms with Crippen molar-refractivity contribution in [1.82, 2.24) is 5.32 Å². The lowest BCUT2D eigenvalue weighted by molar-refractivity contribution is -0.127. The van der Waals surface area contributed by atoms with E-state index in [9.17, 15) is 9.18 Å². The number of amides is 1. The Hall–Kier alpha value is -2.36. The van der Waals surface area contributed by atoms with E-state index in [0.29, 0.717) is 12.0 Å². The maximum absolute atomic E-state index is 13.4. The van der Waals surface area contributed by atoms with Crippen molar-refractivity contribution < 1.29 is 13.9 Å². The number of halogens is 1. The number of nitrogens with one attached hydrogen (secondary N) is 1. The molecule has 0 spiro atoms. The summed E-state index contributed by atoms with van der Waals surface area (Å²) in [5.41, 5.74) is 1.50. The predicted molar refractivity (Wildman–Crippen MR) is 72.8 cm³/mol. The minimum absolute atomic E-state index is 0.168. The van der Waals surface area contributed by atoms with Crippen molar-refractivity contribution in [1.29, 1.82) is 0 Å². The van der Waals surface area contributed by atoms with E-state index < -0.39 is 6.10 Å². The standard InChI is InChI=1S/C16H14FNO2/c17-13-7-3-1-6-12(13)10-18-16(19)15-9-11-5-2-4-8-14(11)20-15/h1-8,15H,9-10H2,(H,18,19). The Balaban J connectivity index is 1.61. The molecule has 1 aliphatic heterocycles. The van der Waals surface area contributed by atoms with Crippen LogP contribution >= 0.6 is 0 Å². The maximum atomic E-state index is 13.4. The molecule has 2 aromatic carbocycles. The molecule has 0 saturated heterocycles. The minimum atomic E-state index is -0.529. The first kappa shape index (κ1) is 12.7. The molecule has 3 rings (SSSR count). The van der Waals surface area contributed by atoms with E-state index in [2.05, 4.69) is 5.32 Å². The summed E-state index contributed by atoms with van der Waals surface area (Å²) in [4.78, 5) is 12.0. The molecule has 0 aliphatic carbocycles. The van der Waals surface area contributed by atoms with Crippen molar-refractivity contribution in [2.75, 3.05) is 0 Å². The van der Waals surface area contributed by atoms with Crippen LogP contribution in [0.25, 0.3) is 0 Å². The van der Waals surface area contributed by atoms with Gasteiger partial charge in [0.05, 0.1) is 0 Å². The van der Waals surface area contributed by atoms with E-state index in [1.165, 1.54) is 6.07 Å². The number of benzene rings is 2. The van der Waals surface area contributed by atoms with Gasteiger partial charge in [0.15, 0.2) is 6.10 Å². The highest BCUT2D eigenvalue weighted by molar-refractivity contribution is 5.82. The van der Waals surface area contributed by atoms with E-state index in [0.717, 1.165) is 11.3 Å². The van der Waals surface area contributed by atoms with Gasteiger partial charge in [-0.2, -0.15) is 0 Å². The minimum Gasteiger partial charge on any atom is -0.480 e. The first-order valence-electron chi connectivity index (χ1n) is 6.50. The van der Waals surface area contributed by atoms with Crippen LogP contribution in [0.1, 0.15) is 11.1 Å². The Bertz CT molecular complexity index is 617. The molecule has 20 heavy (non-hydrogen) atoms. The molecule has 4 heteroatoms. The van der Waals surface area contributed by atoms with E-state index in [-0.39, 0.29) is 18.3 Å². The van der Waals surface area contributed by atoms with Crippen molar-refractivity contribution in [2.45, 2.75) is 19.1 Å². The second kappa shape index (κ2) is 5.33. The normalized spacial score (nSPS) is 16.4. The topological polar surface area (TPSA) is 38.3 Å². The summed E-state index contributed by atoms with van der Waals surface area (Å²) >= 11 is 0. The van der Waals surface area contributed by atoms with Gasteiger partial charge < -0.3 is 10.1 Å². The SMILES string of the molecule is O=C(NCc1ccccc1F)C1Cc2ccccc2O1. The number of para-hydroxylation sites is 1. The monoisotopic (exact) mass is 271 g/mol. The molecule has 1 N–H and O–H groups in total. The third-order valence-corrected chi connectivity index (χ3v) is 3.35. The van der Waals surface area contributed by atoms with E-state index in [1.807, 2.05) is 24.3 Å². The van der Waals surface area contributed by atoms with Crippen LogP contribution in [0.3, 0.4) is 0 Å². The Morgan fingerprint density at radius 3 is 2.75 bits per heavy atom. The molecular formula is C16H14FNO2. The largest absolute Gasteiger partial charge is 0.480 e. The smallest absolute Gasteiger partial charge is 0.261 e. The van der Waals surface area contributed by atoms with Gasteiger partial charge in [0, 0.05) is 18.5 Å². The van der Waals surface area contributed by atoms with Crippen molar-refractivity contribution >= 4 is 5.91 Å². The molecule has 1 atom stereocenters. The summed E-state index contributed by atoms with van der Waals surface area (Å²) < 4.78 is 19.0. The highest BCUT2D eigenvalue weighted by Crippen LogP contribution is 2.28. The molecular weight excluding hydrogens is 257 g/mol. The van der Waals surface area contributed by atoms with Gasteiger partial charge in [0.2, 0.25) is 0 Å². The summed E-state index contributed by atoms with van der Waals surface area (Å²) in [6, 6.07) is 14.0. The number of hydrogen-bond donors (Lipinski definition) is 1. The Morgan fingerprint density at radius 2 is 1.95 bits per heavy atom. The van der Waals surface area contributed by atoms with Crippen LogP contribution in [0.5, 0.6) is 5.75 Å². The number of carbonyl (C=O) groups is 1. The third-order valence-electron chi connectivity index (χ3n) is 3.35. The number of hydrogen-bond acceptors (Lipinski definition) is 2. The van der Waals surface area contributed by atoms with Crippen molar-refractivity contribution in [3.8, 4) is 5.75 Å². The lowest BCUT2D eigenvalue weighted by Gasteiger charge is -2.11. The Kier molecular flexibility index (Phi) is 3.37. The van der Waals surface area contributed by atoms with E-state index in [4.69, 9.17) is 4.74 Å². The third kappa shape index (κ3) is 2.50. The summed E-state index contributed by atoms with van der Waals surface area (Å²) in [6.45, 7) is 0.168. The average molecular weight is 271 g/mol. The second-order valence-corrected chi connectivity index (χ2v) is 4.73. The molecule has 2 aromatic rings. The van der Waals surface area contributed by atoms with Crippen LogP contribution in [0.15, 0.2) is 48.5 Å². The Morgan fingerprint density at radius 1 is 1.20 bits per heavy atom. The number of rotatable bonds is 3. The van der Waals surface area contributed by atoms with Crippen LogP contribution in [-0.4, -0.2) is 12.0 Å². The first-order chi connectivity index (χ1) is 9.74. The van der Waals surface area contributed by atoms with Crippen LogP contribution in [0.4, 0.5) is 4.39 Å². The van der Waals surface area contributed by atoms with Crippen LogP contribution in [0.2, 0.25) is 0 Å². The quantitative estimate of drug-likeness (QED) is 0.931. The van der Waals surface area contributed by atoms with Gasteiger partial charge in [0.1, 0.15) is 11.6 Å². The second-order valence-electron chi connectivity index (χ2n) is 4.73. The molecule has 0 bridgehead atoms. The molecule has 102 valence electrons. The van der Waals surface area contributed by atoms with Gasteiger partial charge in [-0.1, -0.05) is 36.4 Å². The zero-order valence-corrected chi connectivity index (χ0v) is 10.8. The van der Waals surface area contributed by atoms with E-state index in [1.54, 1.807) is 18.2 Å². The number of fused-ring (bicyclic) bond motifs is 1. The molecule has 0 radical (unpaired) electrons. The van der Waals surface area contributed by atoms with Gasteiger partial charge in [-0.3, -0.25) is 4.79 Å². The van der Waals surface area contributed by atoms with Crippen LogP contribution < -0.4 is 10.1 Å². The molecule has 1 amide bonds. The first-order valence-corrected chi connectivity index (χ1v) is 6.50. The zero-order chi connectivity index (χ0) is 13.9. The highest BCUT2D eigenvalue weighted by atomic mass is 19.1. The molecule has 1 heterocycles. The maximum Gasteiger partial charge on any atom is 0.261 e. The fourth-order valence-corrected chi connectivity index (χ4v) is 2.27. The summed E-state index contributed by atoms with van der Waals surface area (Å²) in [5.74, 6) is 0.214. The lowest BCUT2D eigenvalue weighted by Crippen LogP contribution is -2.37. The Labute approximate surface area is 116 Å². The number of ether oxygens (including phenoxy) is 1. The highest BCUT2D eigenvalue weighted by Gasteiger charge is 2.28.